The van der Waals surface area contributed by atoms with Crippen LogP contribution in [0.5, 0.6) is 0 Å². The lowest BCUT2D eigenvalue weighted by atomic mass is 10.0. The molecule has 1 fully saturated rings. The summed E-state index contributed by atoms with van der Waals surface area (Å²) in [5, 5.41) is 21.0. The summed E-state index contributed by atoms with van der Waals surface area (Å²) < 4.78 is 18.0. The largest absolute Gasteiger partial charge is 0.477 e. The first-order valence-corrected chi connectivity index (χ1v) is 19.1. The van der Waals surface area contributed by atoms with Crippen molar-refractivity contribution in [3.05, 3.63) is 0 Å². The number of rotatable bonds is 30. The van der Waals surface area contributed by atoms with E-state index >= 15 is 0 Å². The third-order valence-electron chi connectivity index (χ3n) is 8.73. The van der Waals surface area contributed by atoms with Gasteiger partial charge in [-0.15, -0.1) is 0 Å². The maximum atomic E-state index is 10.3. The van der Waals surface area contributed by atoms with Crippen LogP contribution < -0.4 is 0 Å². The molecule has 0 bridgehead atoms. The predicted molar refractivity (Wildman–Crippen MR) is 189 cm³/mol. The van der Waals surface area contributed by atoms with Gasteiger partial charge in [-0.25, -0.2) is 0 Å². The van der Waals surface area contributed by atoms with Gasteiger partial charge in [0.2, 0.25) is 0 Å². The van der Waals surface area contributed by atoms with Crippen LogP contribution in [-0.4, -0.2) is 57.9 Å². The van der Waals surface area contributed by atoms with Crippen LogP contribution in [0.4, 0.5) is 0 Å². The molecule has 1 rings (SSSR count). The fraction of sp³-hybridized carbons (Fsp3) is 0.944. The zero-order chi connectivity index (χ0) is 31.4. The minimum Gasteiger partial charge on any atom is -0.477 e. The lowest BCUT2D eigenvalue weighted by Crippen LogP contribution is -2.44. The quantitative estimate of drug-likeness (QED) is 0.0596. The number of hydrogen-bond donors (Lipinski definition) is 2. The van der Waals surface area contributed by atoms with E-state index < -0.39 is 31.0 Å². The molecule has 0 unspecified atom stereocenters. The maximum absolute atomic E-state index is 10.3. The summed E-state index contributed by atoms with van der Waals surface area (Å²) in [6.45, 7) is 4.41. The first-order valence-electron chi connectivity index (χ1n) is 18.3. The van der Waals surface area contributed by atoms with Crippen LogP contribution in [0.3, 0.4) is 0 Å². The molecular weight excluding hydrogens is 577 g/mol. The molecule has 0 aliphatic carbocycles. The van der Waals surface area contributed by atoms with Crippen molar-refractivity contribution in [3.8, 4) is 0 Å². The molecule has 7 heteroatoms. The number of thiocarbonyl (C=S) groups is 2. The van der Waals surface area contributed by atoms with E-state index in [0.717, 1.165) is 32.1 Å². The molecule has 254 valence electrons. The van der Waals surface area contributed by atoms with Crippen molar-refractivity contribution in [2.24, 2.45) is 0 Å². The highest BCUT2D eigenvalue weighted by Crippen LogP contribution is 2.26. The van der Waals surface area contributed by atoms with Gasteiger partial charge in [0, 0.05) is 12.8 Å². The average molecular weight is 645 g/mol. The average Bonchev–Trinajstić information content (AvgIpc) is 3.39. The van der Waals surface area contributed by atoms with E-state index in [1.54, 1.807) is 0 Å². The SMILES string of the molecule is CCCCCCCCCCCCCCC(=S)O[C@@H]1[C@H]([C@@H](O)CO)OC[C@H]1OC(=S)CCCCCCCCCCCCCC. The summed E-state index contributed by atoms with van der Waals surface area (Å²) in [4.78, 5) is 0. The first kappa shape index (κ1) is 40.7. The minimum absolute atomic E-state index is 0.270. The van der Waals surface area contributed by atoms with Crippen molar-refractivity contribution in [1.82, 2.24) is 0 Å². The zero-order valence-electron chi connectivity index (χ0n) is 28.0. The molecule has 43 heavy (non-hydrogen) atoms. The van der Waals surface area contributed by atoms with Gasteiger partial charge in [-0.3, -0.25) is 0 Å². The van der Waals surface area contributed by atoms with E-state index in [0.29, 0.717) is 16.5 Å². The number of ether oxygens (including phenoxy) is 3. The Hall–Kier alpha value is -0.340. The Morgan fingerprint density at radius 2 is 0.953 bits per heavy atom. The van der Waals surface area contributed by atoms with Gasteiger partial charge in [-0.2, -0.15) is 0 Å². The van der Waals surface area contributed by atoms with Crippen LogP contribution in [0, 0.1) is 0 Å². The number of aliphatic hydroxyl groups is 2. The molecule has 0 saturated carbocycles. The second-order valence-electron chi connectivity index (χ2n) is 12.8. The summed E-state index contributed by atoms with van der Waals surface area (Å²) in [5.74, 6) is 0. The van der Waals surface area contributed by atoms with Gasteiger partial charge in [0.05, 0.1) is 13.2 Å². The van der Waals surface area contributed by atoms with Crippen LogP contribution in [0.15, 0.2) is 0 Å². The van der Waals surface area contributed by atoms with Gasteiger partial charge in [-0.05, 0) is 37.3 Å². The van der Waals surface area contributed by atoms with Crippen LogP contribution in [0.25, 0.3) is 0 Å². The molecule has 0 aromatic heterocycles. The molecule has 0 aromatic carbocycles. The van der Waals surface area contributed by atoms with Gasteiger partial charge in [-0.1, -0.05) is 155 Å². The van der Waals surface area contributed by atoms with E-state index in [-0.39, 0.29) is 6.61 Å². The summed E-state index contributed by atoms with van der Waals surface area (Å²) in [5.41, 5.74) is 0. The summed E-state index contributed by atoms with van der Waals surface area (Å²) >= 11 is 11.1. The van der Waals surface area contributed by atoms with Crippen molar-refractivity contribution in [2.45, 2.75) is 205 Å². The molecule has 1 aliphatic rings. The van der Waals surface area contributed by atoms with Crippen molar-refractivity contribution >= 4 is 34.5 Å². The molecule has 0 amide bonds. The number of unbranched alkanes of at least 4 members (excludes halogenated alkanes) is 22. The van der Waals surface area contributed by atoms with Gasteiger partial charge < -0.3 is 24.4 Å². The Kier molecular flexibility index (Phi) is 27.5. The Morgan fingerprint density at radius 1 is 0.605 bits per heavy atom. The molecular formula is C36H68O5S2. The molecule has 0 radical (unpaired) electrons. The standard InChI is InChI=1S/C36H68O5S2/c1-3-5-7-9-11-13-15-17-19-21-23-25-27-33(42)40-32-30-39-35(31(38)29-37)36(32)41-34(43)28-26-24-22-20-18-16-14-12-10-8-6-4-2/h31-32,35-38H,3-30H2,1-2H3/t31-,32+,35-,36-/m0/s1. The molecule has 5 nitrogen and oxygen atoms in total. The monoisotopic (exact) mass is 644 g/mol. The minimum atomic E-state index is -1.04. The molecule has 1 heterocycles. The van der Waals surface area contributed by atoms with Crippen molar-refractivity contribution in [3.63, 3.8) is 0 Å². The van der Waals surface area contributed by atoms with Crippen LogP contribution >= 0.6 is 24.4 Å². The molecule has 1 aliphatic heterocycles. The van der Waals surface area contributed by atoms with Gasteiger partial charge in [0.1, 0.15) is 12.2 Å². The van der Waals surface area contributed by atoms with Gasteiger partial charge in [0.15, 0.2) is 22.3 Å². The fourth-order valence-corrected chi connectivity index (χ4v) is 6.47. The van der Waals surface area contributed by atoms with Crippen LogP contribution in [0.1, 0.15) is 181 Å². The van der Waals surface area contributed by atoms with E-state index in [1.807, 2.05) is 0 Å². The predicted octanol–water partition coefficient (Wildman–Crippen LogP) is 10.3. The van der Waals surface area contributed by atoms with E-state index in [4.69, 9.17) is 38.6 Å². The highest BCUT2D eigenvalue weighted by Gasteiger charge is 2.45. The van der Waals surface area contributed by atoms with E-state index in [1.165, 1.54) is 128 Å². The first-order chi connectivity index (χ1) is 21.0. The highest BCUT2D eigenvalue weighted by molar-refractivity contribution is 7.80. The van der Waals surface area contributed by atoms with E-state index in [9.17, 15) is 10.2 Å². The lowest BCUT2D eigenvalue weighted by molar-refractivity contribution is -0.0639. The fourth-order valence-electron chi connectivity index (χ4n) is 5.94. The summed E-state index contributed by atoms with van der Waals surface area (Å²) in [6, 6.07) is 0. The maximum Gasteiger partial charge on any atom is 0.167 e. The molecule has 0 spiro atoms. The Labute approximate surface area is 276 Å². The number of hydrogen-bond acceptors (Lipinski definition) is 7. The van der Waals surface area contributed by atoms with Crippen LogP contribution in [0.2, 0.25) is 0 Å². The third kappa shape index (κ3) is 21.9. The Morgan fingerprint density at radius 3 is 1.33 bits per heavy atom. The summed E-state index contributed by atoms with van der Waals surface area (Å²) in [7, 11) is 0. The Bertz CT molecular complexity index is 662. The second-order valence-corrected chi connectivity index (χ2v) is 13.7. The lowest BCUT2D eigenvalue weighted by Gasteiger charge is -2.27. The molecule has 1 saturated heterocycles. The van der Waals surface area contributed by atoms with Gasteiger partial charge >= 0.3 is 0 Å². The second kappa shape index (κ2) is 29.1. The summed E-state index contributed by atoms with van der Waals surface area (Å²) in [6.07, 6.45) is 30.0. The van der Waals surface area contributed by atoms with Gasteiger partial charge in [0.25, 0.3) is 0 Å². The zero-order valence-corrected chi connectivity index (χ0v) is 29.7. The normalized spacial score (nSPS) is 19.0. The third-order valence-corrected chi connectivity index (χ3v) is 9.33. The smallest absolute Gasteiger partial charge is 0.167 e. The highest BCUT2D eigenvalue weighted by atomic mass is 32.1. The Balaban J connectivity index is 2.20. The topological polar surface area (TPSA) is 68.2 Å². The van der Waals surface area contributed by atoms with Crippen molar-refractivity contribution < 1.29 is 24.4 Å². The molecule has 0 aromatic rings. The molecule has 4 atom stereocenters. The van der Waals surface area contributed by atoms with E-state index in [2.05, 4.69) is 13.8 Å². The van der Waals surface area contributed by atoms with Crippen molar-refractivity contribution in [2.75, 3.05) is 13.2 Å². The van der Waals surface area contributed by atoms with Crippen molar-refractivity contribution in [1.29, 1.82) is 0 Å². The van der Waals surface area contributed by atoms with Crippen LogP contribution in [-0.2, 0) is 14.2 Å². The number of aliphatic hydroxyl groups excluding tert-OH is 2. The molecule has 2 N–H and O–H groups in total.